The Bertz CT molecular complexity index is 1080. The average molecular weight is 467 g/mol. The zero-order chi connectivity index (χ0) is 23.6. The van der Waals surface area contributed by atoms with Crippen LogP contribution in [0.25, 0.3) is 0 Å². The zero-order valence-electron chi connectivity index (χ0n) is 18.9. The molecule has 0 saturated carbocycles. The molecule has 0 aliphatic heterocycles. The monoisotopic (exact) mass is 466 g/mol. The molecule has 0 fully saturated rings. The number of amides is 1. The Morgan fingerprint density at radius 1 is 1.00 bits per heavy atom. The van der Waals surface area contributed by atoms with Crippen molar-refractivity contribution >= 4 is 23.7 Å². The summed E-state index contributed by atoms with van der Waals surface area (Å²) in [5.41, 5.74) is 5.41. The van der Waals surface area contributed by atoms with Crippen LogP contribution in [0.4, 0.5) is 0 Å². The fourth-order valence-corrected chi connectivity index (χ4v) is 3.06. The quantitative estimate of drug-likeness (QED) is 0.313. The van der Waals surface area contributed by atoms with Gasteiger partial charge in [0.1, 0.15) is 12.4 Å². The van der Waals surface area contributed by atoms with Crippen molar-refractivity contribution in [1.29, 1.82) is 0 Å². The lowest BCUT2D eigenvalue weighted by Crippen LogP contribution is -2.24. The van der Waals surface area contributed by atoms with E-state index in [1.54, 1.807) is 19.2 Å². The molecule has 0 aromatic heterocycles. The lowest BCUT2D eigenvalue weighted by molar-refractivity contribution is -0.123. The lowest BCUT2D eigenvalue weighted by Gasteiger charge is -2.11. The number of carbonyl (C=O) groups is 1. The second-order valence-electron chi connectivity index (χ2n) is 7.63. The number of hydrogen-bond acceptors (Lipinski definition) is 5. The number of methoxy groups -OCH3 is 1. The molecule has 6 nitrogen and oxygen atoms in total. The summed E-state index contributed by atoms with van der Waals surface area (Å²) in [4.78, 5) is 12.0. The average Bonchev–Trinajstić information content (AvgIpc) is 2.83. The number of carbonyl (C=O) groups excluding carboxylic acids is 1. The third kappa shape index (κ3) is 7.54. The van der Waals surface area contributed by atoms with Gasteiger partial charge in [-0.25, -0.2) is 5.43 Å². The first-order chi connectivity index (χ1) is 15.9. The van der Waals surface area contributed by atoms with Crippen molar-refractivity contribution in [2.75, 3.05) is 13.7 Å². The summed E-state index contributed by atoms with van der Waals surface area (Å²) in [6.45, 7) is 4.51. The van der Waals surface area contributed by atoms with E-state index in [4.69, 9.17) is 25.8 Å². The molecular weight excluding hydrogens is 440 g/mol. The van der Waals surface area contributed by atoms with Crippen LogP contribution in [0.1, 0.15) is 36.5 Å². The van der Waals surface area contributed by atoms with E-state index in [0.29, 0.717) is 34.8 Å². The molecule has 3 aromatic carbocycles. The molecule has 33 heavy (non-hydrogen) atoms. The Balaban J connectivity index is 1.49. The maximum absolute atomic E-state index is 12.0. The van der Waals surface area contributed by atoms with Gasteiger partial charge < -0.3 is 14.2 Å². The number of hydrogen-bond donors (Lipinski definition) is 1. The van der Waals surface area contributed by atoms with Gasteiger partial charge in [0.05, 0.1) is 13.3 Å². The van der Waals surface area contributed by atoms with E-state index in [-0.39, 0.29) is 12.5 Å². The molecule has 0 aliphatic carbocycles. The molecule has 0 atom stereocenters. The van der Waals surface area contributed by atoms with E-state index in [1.165, 1.54) is 11.8 Å². The minimum Gasteiger partial charge on any atom is -0.493 e. The third-order valence-electron chi connectivity index (χ3n) is 4.81. The summed E-state index contributed by atoms with van der Waals surface area (Å²) in [5.74, 6) is 1.89. The largest absolute Gasteiger partial charge is 0.493 e. The van der Waals surface area contributed by atoms with Crippen molar-refractivity contribution in [1.82, 2.24) is 5.43 Å². The lowest BCUT2D eigenvalue weighted by atomic mass is 10.0. The molecule has 1 N–H and O–H groups in total. The van der Waals surface area contributed by atoms with Gasteiger partial charge in [-0.3, -0.25) is 4.79 Å². The molecule has 3 rings (SSSR count). The first-order valence-corrected chi connectivity index (χ1v) is 10.9. The van der Waals surface area contributed by atoms with Gasteiger partial charge in [0.15, 0.2) is 18.1 Å². The van der Waals surface area contributed by atoms with E-state index in [1.807, 2.05) is 54.6 Å². The fourth-order valence-electron chi connectivity index (χ4n) is 2.93. The smallest absolute Gasteiger partial charge is 0.277 e. The molecule has 172 valence electrons. The van der Waals surface area contributed by atoms with Crippen molar-refractivity contribution in [3.05, 3.63) is 88.4 Å². The highest BCUT2D eigenvalue weighted by Crippen LogP contribution is 2.28. The van der Waals surface area contributed by atoms with Gasteiger partial charge in [-0.1, -0.05) is 49.7 Å². The van der Waals surface area contributed by atoms with Crippen LogP contribution in [0.2, 0.25) is 5.02 Å². The predicted octanol–water partition coefficient (Wildman–Crippen LogP) is 5.58. The molecule has 0 saturated heterocycles. The van der Waals surface area contributed by atoms with Crippen molar-refractivity contribution < 1.29 is 19.0 Å². The third-order valence-corrected chi connectivity index (χ3v) is 5.07. The summed E-state index contributed by atoms with van der Waals surface area (Å²) in [6, 6.07) is 20.5. The summed E-state index contributed by atoms with van der Waals surface area (Å²) in [5, 5.41) is 4.66. The standard InChI is InChI=1S/C26H27ClN2O4/c1-18(2)21-7-11-23(12-8-21)32-17-26(30)29-28-15-20-6-13-24(25(14-20)31-3)33-16-19-4-9-22(27)10-5-19/h4-15,18H,16-17H2,1-3H3,(H,29,30)/b28-15+. The molecule has 0 unspecified atom stereocenters. The van der Waals surface area contributed by atoms with Crippen molar-refractivity contribution in [2.24, 2.45) is 5.10 Å². The Kier molecular flexibility index (Phi) is 8.72. The van der Waals surface area contributed by atoms with E-state index in [0.717, 1.165) is 11.1 Å². The van der Waals surface area contributed by atoms with Crippen LogP contribution < -0.4 is 19.6 Å². The van der Waals surface area contributed by atoms with Gasteiger partial charge in [0.2, 0.25) is 0 Å². The highest BCUT2D eigenvalue weighted by Gasteiger charge is 2.07. The molecule has 0 spiro atoms. The van der Waals surface area contributed by atoms with Crippen molar-refractivity contribution in [2.45, 2.75) is 26.4 Å². The number of nitrogens with one attached hydrogen (secondary N) is 1. The Hall–Kier alpha value is -3.51. The summed E-state index contributed by atoms with van der Waals surface area (Å²) < 4.78 is 16.8. The number of hydrazone groups is 1. The fraction of sp³-hybridized carbons (Fsp3) is 0.231. The van der Waals surface area contributed by atoms with Gasteiger partial charge in [-0.2, -0.15) is 5.10 Å². The maximum atomic E-state index is 12.0. The van der Waals surface area contributed by atoms with Crippen LogP contribution in [-0.2, 0) is 11.4 Å². The highest BCUT2D eigenvalue weighted by atomic mass is 35.5. The second kappa shape index (κ2) is 11.9. The van der Waals surface area contributed by atoms with Crippen LogP contribution in [0.15, 0.2) is 71.8 Å². The Morgan fingerprint density at radius 2 is 1.73 bits per heavy atom. The predicted molar refractivity (Wildman–Crippen MR) is 131 cm³/mol. The number of ether oxygens (including phenoxy) is 3. The van der Waals surface area contributed by atoms with Gasteiger partial charge in [0, 0.05) is 5.02 Å². The number of halogens is 1. The maximum Gasteiger partial charge on any atom is 0.277 e. The Labute approximate surface area is 199 Å². The minimum atomic E-state index is -0.353. The molecule has 0 bridgehead atoms. The molecule has 7 heteroatoms. The van der Waals surface area contributed by atoms with Crippen LogP contribution in [0, 0.1) is 0 Å². The van der Waals surface area contributed by atoms with E-state index >= 15 is 0 Å². The Morgan fingerprint density at radius 3 is 2.39 bits per heavy atom. The first-order valence-electron chi connectivity index (χ1n) is 10.5. The molecule has 1 amide bonds. The van der Waals surface area contributed by atoms with Crippen LogP contribution in [0.3, 0.4) is 0 Å². The highest BCUT2D eigenvalue weighted by molar-refractivity contribution is 6.30. The van der Waals surface area contributed by atoms with Crippen LogP contribution in [0.5, 0.6) is 17.2 Å². The van der Waals surface area contributed by atoms with Gasteiger partial charge in [-0.15, -0.1) is 0 Å². The summed E-state index contributed by atoms with van der Waals surface area (Å²) in [6.07, 6.45) is 1.53. The molecule has 0 aliphatic rings. The number of rotatable bonds is 10. The molecule has 3 aromatic rings. The molecular formula is C26H27ClN2O4. The van der Waals surface area contributed by atoms with Crippen molar-refractivity contribution in [3.8, 4) is 17.2 Å². The number of nitrogens with zero attached hydrogens (tertiary/aromatic N) is 1. The SMILES string of the molecule is COc1cc(/C=N/NC(=O)COc2ccc(C(C)C)cc2)ccc1OCc1ccc(Cl)cc1. The van der Waals surface area contributed by atoms with Gasteiger partial charge in [0.25, 0.3) is 5.91 Å². The van der Waals surface area contributed by atoms with Crippen LogP contribution in [-0.4, -0.2) is 25.8 Å². The summed E-state index contributed by atoms with van der Waals surface area (Å²) >= 11 is 5.91. The first kappa shape index (κ1) is 24.1. The van der Waals surface area contributed by atoms with Crippen LogP contribution >= 0.6 is 11.6 Å². The van der Waals surface area contributed by atoms with Crippen molar-refractivity contribution in [3.63, 3.8) is 0 Å². The summed E-state index contributed by atoms with van der Waals surface area (Å²) in [7, 11) is 1.57. The second-order valence-corrected chi connectivity index (χ2v) is 8.07. The van der Waals surface area contributed by atoms with E-state index in [2.05, 4.69) is 24.4 Å². The number of benzene rings is 3. The van der Waals surface area contributed by atoms with E-state index < -0.39 is 0 Å². The van der Waals surface area contributed by atoms with Gasteiger partial charge >= 0.3 is 0 Å². The van der Waals surface area contributed by atoms with Gasteiger partial charge in [-0.05, 0) is 65.1 Å². The molecule has 0 radical (unpaired) electrons. The van der Waals surface area contributed by atoms with E-state index in [9.17, 15) is 4.79 Å². The normalized spacial score (nSPS) is 10.9. The minimum absolute atomic E-state index is 0.126. The zero-order valence-corrected chi connectivity index (χ0v) is 19.6. The topological polar surface area (TPSA) is 69.2 Å². The molecule has 0 heterocycles.